The predicted molar refractivity (Wildman–Crippen MR) is 156 cm³/mol. The molecule has 0 spiro atoms. The molecule has 0 saturated carbocycles. The number of nitrogens with one attached hydrogen (secondary N) is 3. The average Bonchev–Trinajstić information content (AvgIpc) is 2.91. The first-order valence-corrected chi connectivity index (χ1v) is 13.2. The van der Waals surface area contributed by atoms with Crippen LogP contribution in [0, 0.1) is 6.92 Å². The Morgan fingerprint density at radius 1 is 0.897 bits per heavy atom. The quantitative estimate of drug-likeness (QED) is 0.159. The molecule has 10 nitrogen and oxygen atoms in total. The summed E-state index contributed by atoms with van der Waals surface area (Å²) in [6, 6.07) is 15.3. The van der Waals surface area contributed by atoms with Gasteiger partial charge in [0.2, 0.25) is 0 Å². The van der Waals surface area contributed by atoms with Gasteiger partial charge < -0.3 is 24.8 Å². The molecule has 0 heterocycles. The number of carbonyl (C=O) groups excluding carboxylic acids is 3. The molecule has 12 heteroatoms. The van der Waals surface area contributed by atoms with Crippen LogP contribution in [0.5, 0.6) is 17.2 Å². The van der Waals surface area contributed by atoms with E-state index in [4.69, 9.17) is 14.2 Å². The molecule has 0 aliphatic carbocycles. The minimum Gasteiger partial charge on any atom is -0.497 e. The van der Waals surface area contributed by atoms with Crippen LogP contribution in [0.1, 0.15) is 18.1 Å². The summed E-state index contributed by atoms with van der Waals surface area (Å²) in [5.74, 6) is -0.849. The minimum absolute atomic E-state index is 0.249. The van der Waals surface area contributed by atoms with Gasteiger partial charge in [-0.2, -0.15) is 5.10 Å². The number of rotatable bonds is 10. The smallest absolute Gasteiger partial charge is 0.329 e. The molecule has 3 aromatic carbocycles. The summed E-state index contributed by atoms with van der Waals surface area (Å²) in [5.41, 5.74) is 4.80. The Morgan fingerprint density at radius 3 is 2.28 bits per heavy atom. The molecule has 0 aliphatic rings. The Kier molecular flexibility index (Phi) is 10.9. The van der Waals surface area contributed by atoms with E-state index in [2.05, 4.69) is 53.0 Å². The van der Waals surface area contributed by atoms with Gasteiger partial charge in [-0.15, -0.1) is 0 Å². The van der Waals surface area contributed by atoms with Crippen LogP contribution in [0.2, 0.25) is 0 Å². The van der Waals surface area contributed by atoms with Gasteiger partial charge in [-0.1, -0.05) is 15.9 Å². The molecule has 204 valence electrons. The number of hydrazone groups is 1. The zero-order chi connectivity index (χ0) is 28.4. The zero-order valence-electron chi connectivity index (χ0n) is 21.3. The normalized spacial score (nSPS) is 10.6. The first-order chi connectivity index (χ1) is 18.7. The van der Waals surface area contributed by atoms with Crippen LogP contribution >= 0.6 is 31.9 Å². The van der Waals surface area contributed by atoms with E-state index >= 15 is 0 Å². The topological polar surface area (TPSA) is 127 Å². The molecule has 0 atom stereocenters. The molecule has 3 aromatic rings. The minimum atomic E-state index is -0.946. The van der Waals surface area contributed by atoms with Crippen LogP contribution in [0.25, 0.3) is 0 Å². The number of hydrogen-bond acceptors (Lipinski definition) is 7. The SMILES string of the molecule is CCOc1cc(/C=N\NC(=O)C(=O)Nc2ccc(OC)cc2)cc(Br)c1OCC(=O)Nc1ccc(Br)c(C)c1. The van der Waals surface area contributed by atoms with E-state index in [1.807, 2.05) is 26.0 Å². The summed E-state index contributed by atoms with van der Waals surface area (Å²) in [4.78, 5) is 36.7. The van der Waals surface area contributed by atoms with Crippen molar-refractivity contribution >= 4 is 67.2 Å². The van der Waals surface area contributed by atoms with Gasteiger partial charge in [0.25, 0.3) is 5.91 Å². The van der Waals surface area contributed by atoms with Gasteiger partial charge in [-0.25, -0.2) is 5.43 Å². The highest BCUT2D eigenvalue weighted by Crippen LogP contribution is 2.36. The van der Waals surface area contributed by atoms with E-state index in [1.54, 1.807) is 42.5 Å². The summed E-state index contributed by atoms with van der Waals surface area (Å²) < 4.78 is 17.9. The summed E-state index contributed by atoms with van der Waals surface area (Å²) in [6.45, 7) is 3.83. The Labute approximate surface area is 242 Å². The van der Waals surface area contributed by atoms with Crippen molar-refractivity contribution in [3.05, 3.63) is 74.7 Å². The fourth-order valence-electron chi connectivity index (χ4n) is 3.20. The van der Waals surface area contributed by atoms with Crippen molar-refractivity contribution in [1.29, 1.82) is 0 Å². The number of benzene rings is 3. The number of anilines is 2. The Hall–Kier alpha value is -3.90. The molecular weight excluding hydrogens is 636 g/mol. The van der Waals surface area contributed by atoms with Crippen LogP contribution in [0.3, 0.4) is 0 Å². The first kappa shape index (κ1) is 29.7. The standard InChI is InChI=1S/C27H26Br2N4O6/c1-4-38-23-13-17(14-30-33-27(36)26(35)32-18-5-8-20(37-3)9-6-18)12-22(29)25(23)39-15-24(34)31-19-7-10-21(28)16(2)11-19/h5-14H,4,15H2,1-3H3,(H,31,34)(H,32,35)(H,33,36)/b30-14-. The van der Waals surface area contributed by atoms with E-state index in [-0.39, 0.29) is 12.5 Å². The number of nitrogens with zero attached hydrogens (tertiary/aromatic N) is 1. The number of halogens is 2. The van der Waals surface area contributed by atoms with E-state index < -0.39 is 11.8 Å². The molecule has 0 bridgehead atoms. The Bertz CT molecular complexity index is 1380. The third-order valence-electron chi connectivity index (χ3n) is 5.05. The lowest BCUT2D eigenvalue weighted by molar-refractivity contribution is -0.136. The summed E-state index contributed by atoms with van der Waals surface area (Å²) >= 11 is 6.86. The maximum Gasteiger partial charge on any atom is 0.329 e. The van der Waals surface area contributed by atoms with Gasteiger partial charge in [0.15, 0.2) is 18.1 Å². The van der Waals surface area contributed by atoms with Gasteiger partial charge >= 0.3 is 11.8 Å². The molecule has 39 heavy (non-hydrogen) atoms. The van der Waals surface area contributed by atoms with Crippen LogP contribution in [0.15, 0.2) is 68.6 Å². The number of carbonyl (C=O) groups is 3. The summed E-state index contributed by atoms with van der Waals surface area (Å²) in [7, 11) is 1.53. The van der Waals surface area contributed by atoms with Gasteiger partial charge in [0.05, 0.1) is 24.4 Å². The summed E-state index contributed by atoms with van der Waals surface area (Å²) in [6.07, 6.45) is 1.35. The Morgan fingerprint density at radius 2 is 1.62 bits per heavy atom. The highest BCUT2D eigenvalue weighted by molar-refractivity contribution is 9.10. The van der Waals surface area contributed by atoms with Gasteiger partial charge in [0, 0.05) is 15.8 Å². The molecule has 3 rings (SSSR count). The largest absolute Gasteiger partial charge is 0.497 e. The molecule has 0 radical (unpaired) electrons. The summed E-state index contributed by atoms with van der Waals surface area (Å²) in [5, 5.41) is 9.11. The van der Waals surface area contributed by atoms with Crippen LogP contribution < -0.4 is 30.3 Å². The number of ether oxygens (including phenoxy) is 3. The molecule has 0 aliphatic heterocycles. The highest BCUT2D eigenvalue weighted by atomic mass is 79.9. The molecule has 0 unspecified atom stereocenters. The second-order valence-electron chi connectivity index (χ2n) is 7.95. The van der Waals surface area contributed by atoms with Crippen molar-refractivity contribution in [2.24, 2.45) is 5.10 Å². The van der Waals surface area contributed by atoms with Gasteiger partial charge in [-0.05, 0) is 95.5 Å². The fraction of sp³-hybridized carbons (Fsp3) is 0.185. The van der Waals surface area contributed by atoms with Crippen LogP contribution in [0.4, 0.5) is 11.4 Å². The van der Waals surface area contributed by atoms with Gasteiger partial charge in [0.1, 0.15) is 5.75 Å². The lowest BCUT2D eigenvalue weighted by Gasteiger charge is -2.15. The van der Waals surface area contributed by atoms with Crippen LogP contribution in [-0.2, 0) is 14.4 Å². The number of amides is 3. The third kappa shape index (κ3) is 8.82. The number of aryl methyl sites for hydroxylation is 1. The van der Waals surface area contributed by atoms with Crippen molar-refractivity contribution in [1.82, 2.24) is 5.43 Å². The van der Waals surface area contributed by atoms with Crippen molar-refractivity contribution in [3.63, 3.8) is 0 Å². The maximum absolute atomic E-state index is 12.4. The van der Waals surface area contributed by atoms with Crippen molar-refractivity contribution < 1.29 is 28.6 Å². The Balaban J connectivity index is 1.60. The second-order valence-corrected chi connectivity index (χ2v) is 9.65. The fourth-order valence-corrected chi connectivity index (χ4v) is 4.02. The number of methoxy groups -OCH3 is 1. The lowest BCUT2D eigenvalue weighted by Crippen LogP contribution is -2.32. The molecule has 3 amide bonds. The van der Waals surface area contributed by atoms with E-state index in [0.717, 1.165) is 10.0 Å². The molecule has 0 aromatic heterocycles. The molecule has 3 N–H and O–H groups in total. The first-order valence-electron chi connectivity index (χ1n) is 11.6. The highest BCUT2D eigenvalue weighted by Gasteiger charge is 2.15. The molecular formula is C27H26Br2N4O6. The molecule has 0 fully saturated rings. The zero-order valence-corrected chi connectivity index (χ0v) is 24.5. The van der Waals surface area contributed by atoms with Crippen LogP contribution in [-0.4, -0.2) is 44.3 Å². The third-order valence-corrected chi connectivity index (χ3v) is 6.53. The van der Waals surface area contributed by atoms with Crippen molar-refractivity contribution in [2.45, 2.75) is 13.8 Å². The lowest BCUT2D eigenvalue weighted by atomic mass is 10.2. The van der Waals surface area contributed by atoms with E-state index in [0.29, 0.717) is 45.3 Å². The van der Waals surface area contributed by atoms with Crippen molar-refractivity contribution in [3.8, 4) is 17.2 Å². The molecule has 0 saturated heterocycles. The average molecular weight is 662 g/mol. The monoisotopic (exact) mass is 660 g/mol. The van der Waals surface area contributed by atoms with E-state index in [1.165, 1.54) is 13.3 Å². The predicted octanol–water partition coefficient (Wildman–Crippen LogP) is 5.03. The maximum atomic E-state index is 12.4. The van der Waals surface area contributed by atoms with Gasteiger partial charge in [-0.3, -0.25) is 14.4 Å². The van der Waals surface area contributed by atoms with E-state index in [9.17, 15) is 14.4 Å². The second kappa shape index (κ2) is 14.3. The number of hydrogen-bond donors (Lipinski definition) is 3. The van der Waals surface area contributed by atoms with Crippen molar-refractivity contribution in [2.75, 3.05) is 31.0 Å².